The van der Waals surface area contributed by atoms with Gasteiger partial charge in [0, 0.05) is 40.3 Å². The summed E-state index contributed by atoms with van der Waals surface area (Å²) in [6, 6.07) is 0. The monoisotopic (exact) mass is 320 g/mol. The van der Waals surface area contributed by atoms with Gasteiger partial charge in [-0.1, -0.05) is 0 Å². The number of nitrogens with one attached hydrogen (secondary N) is 2. The summed E-state index contributed by atoms with van der Waals surface area (Å²) in [5.74, 6) is 1.63. The van der Waals surface area contributed by atoms with Crippen LogP contribution >= 0.6 is 0 Å². The number of nitrogens with zero attached hydrogens (tertiary/aromatic N) is 6. The van der Waals surface area contributed by atoms with Crippen molar-refractivity contribution in [3.63, 3.8) is 0 Å². The second-order valence-electron chi connectivity index (χ2n) is 5.71. The van der Waals surface area contributed by atoms with E-state index in [1.165, 1.54) is 0 Å². The van der Waals surface area contributed by atoms with Gasteiger partial charge in [0.05, 0.1) is 11.9 Å². The molecule has 2 aliphatic rings. The number of hydrogen-bond donors (Lipinski definition) is 2. The molecular weight excluding hydrogens is 292 g/mol. The maximum Gasteiger partial charge on any atom is 0.214 e. The van der Waals surface area contributed by atoms with E-state index in [1.54, 1.807) is 16.2 Å². The number of guanidine groups is 2. The van der Waals surface area contributed by atoms with Gasteiger partial charge >= 0.3 is 0 Å². The summed E-state index contributed by atoms with van der Waals surface area (Å²) in [5.41, 5.74) is 0.808. The Bertz CT molecular complexity index is 494. The van der Waals surface area contributed by atoms with Crippen LogP contribution < -0.4 is 10.6 Å². The summed E-state index contributed by atoms with van der Waals surface area (Å²) in [4.78, 5) is 8.98. The van der Waals surface area contributed by atoms with Crippen molar-refractivity contribution in [3.05, 3.63) is 0 Å². The van der Waals surface area contributed by atoms with Crippen molar-refractivity contribution < 1.29 is 0 Å². The molecule has 2 N–H and O–H groups in total. The normalized spacial score (nSPS) is 19.9. The number of aliphatic imine (C=N–C) groups is 2. The second-order valence-corrected chi connectivity index (χ2v) is 5.71. The van der Waals surface area contributed by atoms with Crippen LogP contribution in [0, 0.1) is 0 Å². The molecule has 0 bridgehead atoms. The summed E-state index contributed by atoms with van der Waals surface area (Å²) >= 11 is 0. The SMILES string of the molecule is CC(/C=N\N(C)C1=NCCCCN1)=N\N(C)C1=NCCCCN1. The highest BCUT2D eigenvalue weighted by Gasteiger charge is 2.08. The molecule has 0 atom stereocenters. The maximum absolute atomic E-state index is 4.50. The van der Waals surface area contributed by atoms with Gasteiger partial charge in [0.1, 0.15) is 0 Å². The zero-order valence-corrected chi connectivity index (χ0v) is 14.4. The lowest BCUT2D eigenvalue weighted by Gasteiger charge is -2.17. The number of hydrazone groups is 2. The van der Waals surface area contributed by atoms with Gasteiger partial charge in [-0.3, -0.25) is 9.98 Å². The van der Waals surface area contributed by atoms with Crippen LogP contribution in [-0.2, 0) is 0 Å². The van der Waals surface area contributed by atoms with Crippen LogP contribution in [-0.4, -0.2) is 74.1 Å². The van der Waals surface area contributed by atoms with E-state index in [0.29, 0.717) is 0 Å². The van der Waals surface area contributed by atoms with Crippen molar-refractivity contribution in [2.24, 2.45) is 20.2 Å². The molecule has 8 nitrogen and oxygen atoms in total. The molecule has 0 aromatic heterocycles. The fourth-order valence-corrected chi connectivity index (χ4v) is 2.32. The van der Waals surface area contributed by atoms with Gasteiger partial charge in [-0.05, 0) is 32.6 Å². The minimum absolute atomic E-state index is 0.808. The molecule has 128 valence electrons. The molecule has 0 amide bonds. The highest BCUT2D eigenvalue weighted by atomic mass is 15.5. The van der Waals surface area contributed by atoms with E-state index in [2.05, 4.69) is 30.8 Å². The van der Waals surface area contributed by atoms with E-state index in [9.17, 15) is 0 Å². The molecule has 0 saturated heterocycles. The number of hydrogen-bond acceptors (Lipinski definition) is 8. The van der Waals surface area contributed by atoms with E-state index in [0.717, 1.165) is 69.5 Å². The Morgan fingerprint density at radius 2 is 1.52 bits per heavy atom. The molecule has 0 spiro atoms. The van der Waals surface area contributed by atoms with E-state index >= 15 is 0 Å². The molecule has 0 unspecified atom stereocenters. The fourth-order valence-electron chi connectivity index (χ4n) is 2.32. The average molecular weight is 320 g/mol. The van der Waals surface area contributed by atoms with Crippen LogP contribution in [0.15, 0.2) is 20.2 Å². The Hall–Kier alpha value is -2.12. The zero-order chi connectivity index (χ0) is 16.5. The van der Waals surface area contributed by atoms with E-state index in [4.69, 9.17) is 0 Å². The quantitative estimate of drug-likeness (QED) is 0.592. The fraction of sp³-hybridized carbons (Fsp3) is 0.733. The Kier molecular flexibility index (Phi) is 6.83. The molecule has 8 heteroatoms. The van der Waals surface area contributed by atoms with Gasteiger partial charge in [-0.25, -0.2) is 10.0 Å². The average Bonchev–Trinajstić information content (AvgIpc) is 2.97. The van der Waals surface area contributed by atoms with Crippen molar-refractivity contribution in [1.29, 1.82) is 0 Å². The van der Waals surface area contributed by atoms with Crippen LogP contribution in [0.3, 0.4) is 0 Å². The third kappa shape index (κ3) is 5.88. The predicted molar refractivity (Wildman–Crippen MR) is 96.2 cm³/mol. The van der Waals surface area contributed by atoms with Gasteiger partial charge in [0.25, 0.3) is 0 Å². The second kappa shape index (κ2) is 9.12. The van der Waals surface area contributed by atoms with Crippen LogP contribution in [0.4, 0.5) is 0 Å². The van der Waals surface area contributed by atoms with Gasteiger partial charge in [-0.2, -0.15) is 10.2 Å². The van der Waals surface area contributed by atoms with Crippen LogP contribution in [0.5, 0.6) is 0 Å². The zero-order valence-electron chi connectivity index (χ0n) is 14.4. The summed E-state index contributed by atoms with van der Waals surface area (Å²) in [6.45, 7) is 5.51. The lowest BCUT2D eigenvalue weighted by Crippen LogP contribution is -2.36. The first-order chi connectivity index (χ1) is 11.2. The largest absolute Gasteiger partial charge is 0.355 e. The lowest BCUT2D eigenvalue weighted by atomic mass is 10.3. The summed E-state index contributed by atoms with van der Waals surface area (Å²) in [7, 11) is 3.79. The molecular formula is C15H28N8. The smallest absolute Gasteiger partial charge is 0.214 e. The minimum atomic E-state index is 0.808. The Morgan fingerprint density at radius 1 is 0.957 bits per heavy atom. The summed E-state index contributed by atoms with van der Waals surface area (Å²) in [5, 5.41) is 19.0. The van der Waals surface area contributed by atoms with Crippen molar-refractivity contribution in [3.8, 4) is 0 Å². The summed E-state index contributed by atoms with van der Waals surface area (Å²) in [6.07, 6.45) is 6.27. The Balaban J connectivity index is 1.92. The van der Waals surface area contributed by atoms with Gasteiger partial charge in [0.15, 0.2) is 0 Å². The highest BCUT2D eigenvalue weighted by Crippen LogP contribution is 1.99. The van der Waals surface area contributed by atoms with Crippen molar-refractivity contribution in [1.82, 2.24) is 20.7 Å². The van der Waals surface area contributed by atoms with Gasteiger partial charge in [0.2, 0.25) is 11.9 Å². The van der Waals surface area contributed by atoms with Crippen molar-refractivity contribution in [2.75, 3.05) is 40.3 Å². The third-order valence-electron chi connectivity index (χ3n) is 3.60. The van der Waals surface area contributed by atoms with E-state index in [1.807, 2.05) is 21.0 Å². The first kappa shape index (κ1) is 17.2. The first-order valence-corrected chi connectivity index (χ1v) is 8.30. The molecule has 0 aromatic rings. The molecule has 0 radical (unpaired) electrons. The Morgan fingerprint density at radius 3 is 2.13 bits per heavy atom. The maximum atomic E-state index is 4.50. The predicted octanol–water partition coefficient (Wildman–Crippen LogP) is 0.691. The molecule has 0 aliphatic carbocycles. The van der Waals surface area contributed by atoms with Crippen LogP contribution in [0.2, 0.25) is 0 Å². The van der Waals surface area contributed by atoms with E-state index < -0.39 is 0 Å². The highest BCUT2D eigenvalue weighted by molar-refractivity contribution is 6.29. The molecule has 2 aliphatic heterocycles. The third-order valence-corrected chi connectivity index (χ3v) is 3.60. The lowest BCUT2D eigenvalue weighted by molar-refractivity contribution is 0.515. The first-order valence-electron chi connectivity index (χ1n) is 8.30. The van der Waals surface area contributed by atoms with Crippen molar-refractivity contribution in [2.45, 2.75) is 32.6 Å². The molecule has 2 heterocycles. The Labute approximate surface area is 138 Å². The molecule has 0 saturated carbocycles. The number of rotatable bonds is 3. The standard InChI is InChI=1S/C15H28N8/c1-13(21-23(3)15-18-10-6-7-11-19-15)12-20-22(2)14-16-8-4-5-9-17-14/h12H,4-11H2,1-3H3,(H,16,17)(H,18,19)/b20-12-,21-13+. The van der Waals surface area contributed by atoms with Crippen LogP contribution in [0.1, 0.15) is 32.6 Å². The topological polar surface area (TPSA) is 80.0 Å². The van der Waals surface area contributed by atoms with Crippen molar-refractivity contribution >= 4 is 23.8 Å². The van der Waals surface area contributed by atoms with E-state index in [-0.39, 0.29) is 0 Å². The van der Waals surface area contributed by atoms with Gasteiger partial charge < -0.3 is 10.6 Å². The molecule has 23 heavy (non-hydrogen) atoms. The summed E-state index contributed by atoms with van der Waals surface area (Å²) < 4.78 is 0. The molecule has 2 rings (SSSR count). The minimum Gasteiger partial charge on any atom is -0.355 e. The van der Waals surface area contributed by atoms with Crippen LogP contribution in [0.25, 0.3) is 0 Å². The van der Waals surface area contributed by atoms with Gasteiger partial charge in [-0.15, -0.1) is 0 Å². The molecule has 0 aromatic carbocycles. The molecule has 0 fully saturated rings.